The van der Waals surface area contributed by atoms with E-state index in [1.807, 2.05) is 77.2 Å². The molecular formula is C22H26N4O2. The molecule has 0 spiro atoms. The number of nitrogens with zero attached hydrogens (tertiary/aromatic N) is 3. The molecule has 6 heteroatoms. The van der Waals surface area contributed by atoms with E-state index >= 15 is 0 Å². The Bertz CT molecular complexity index is 850. The van der Waals surface area contributed by atoms with Crippen molar-refractivity contribution in [1.29, 1.82) is 0 Å². The Kier molecular flexibility index (Phi) is 7.07. The fourth-order valence-corrected chi connectivity index (χ4v) is 2.98. The Labute approximate surface area is 165 Å². The molecule has 2 amide bonds. The standard InChI is InChI=1S/C22H26N4O2/c1-2-28-21-12-7-6-9-19(21)17-26(15-8-14-25-16-13-23-18-25)22(27)24-20-10-4-3-5-11-20/h3-7,9-13,16,18H,2,8,14-15,17H2,1H3,(H,24,27). The van der Waals surface area contributed by atoms with Gasteiger partial charge in [-0.1, -0.05) is 36.4 Å². The van der Waals surface area contributed by atoms with E-state index in [0.29, 0.717) is 19.7 Å². The number of para-hydroxylation sites is 2. The largest absolute Gasteiger partial charge is 0.494 e. The number of nitrogens with one attached hydrogen (secondary N) is 1. The predicted octanol–water partition coefficient (Wildman–Crippen LogP) is 4.41. The number of amides is 2. The van der Waals surface area contributed by atoms with Crippen molar-refractivity contribution in [1.82, 2.24) is 14.5 Å². The number of benzene rings is 2. The van der Waals surface area contributed by atoms with Crippen LogP contribution in [-0.4, -0.2) is 33.6 Å². The normalized spacial score (nSPS) is 10.5. The first-order chi connectivity index (χ1) is 13.8. The van der Waals surface area contributed by atoms with Crippen LogP contribution in [0.15, 0.2) is 73.3 Å². The zero-order valence-electron chi connectivity index (χ0n) is 16.1. The number of aromatic nitrogens is 2. The van der Waals surface area contributed by atoms with E-state index in [9.17, 15) is 4.79 Å². The Balaban J connectivity index is 1.70. The summed E-state index contributed by atoms with van der Waals surface area (Å²) < 4.78 is 7.74. The molecular weight excluding hydrogens is 352 g/mol. The van der Waals surface area contributed by atoms with E-state index in [0.717, 1.165) is 30.0 Å². The summed E-state index contributed by atoms with van der Waals surface area (Å²) in [6, 6.07) is 17.2. The highest BCUT2D eigenvalue weighted by Gasteiger charge is 2.16. The lowest BCUT2D eigenvalue weighted by molar-refractivity contribution is 0.206. The van der Waals surface area contributed by atoms with Gasteiger partial charge in [0.1, 0.15) is 5.75 Å². The van der Waals surface area contributed by atoms with Crippen LogP contribution >= 0.6 is 0 Å². The van der Waals surface area contributed by atoms with Gasteiger partial charge in [-0.15, -0.1) is 0 Å². The maximum absolute atomic E-state index is 12.9. The number of urea groups is 1. The highest BCUT2D eigenvalue weighted by atomic mass is 16.5. The summed E-state index contributed by atoms with van der Waals surface area (Å²) >= 11 is 0. The average molecular weight is 378 g/mol. The fourth-order valence-electron chi connectivity index (χ4n) is 2.98. The third-order valence-electron chi connectivity index (χ3n) is 4.35. The van der Waals surface area contributed by atoms with Gasteiger partial charge < -0.3 is 19.5 Å². The molecule has 0 saturated carbocycles. The average Bonchev–Trinajstić information content (AvgIpc) is 3.23. The zero-order chi connectivity index (χ0) is 19.6. The van der Waals surface area contributed by atoms with Crippen molar-refractivity contribution in [3.05, 3.63) is 78.9 Å². The van der Waals surface area contributed by atoms with Gasteiger partial charge in [-0.2, -0.15) is 0 Å². The summed E-state index contributed by atoms with van der Waals surface area (Å²) in [6.45, 7) is 4.47. The van der Waals surface area contributed by atoms with Crippen LogP contribution in [0.5, 0.6) is 5.75 Å². The van der Waals surface area contributed by atoms with Gasteiger partial charge in [-0.3, -0.25) is 0 Å². The minimum Gasteiger partial charge on any atom is -0.494 e. The van der Waals surface area contributed by atoms with Crippen LogP contribution in [0.25, 0.3) is 0 Å². The second-order valence-corrected chi connectivity index (χ2v) is 6.41. The molecule has 1 aromatic heterocycles. The van der Waals surface area contributed by atoms with Gasteiger partial charge in [0, 0.05) is 36.7 Å². The van der Waals surface area contributed by atoms with Crippen molar-refractivity contribution in [3.8, 4) is 5.75 Å². The highest BCUT2D eigenvalue weighted by molar-refractivity contribution is 5.89. The van der Waals surface area contributed by atoms with E-state index in [2.05, 4.69) is 10.3 Å². The van der Waals surface area contributed by atoms with Crippen LogP contribution in [0.3, 0.4) is 0 Å². The first-order valence-electron chi connectivity index (χ1n) is 9.53. The molecule has 0 saturated heterocycles. The molecule has 0 aliphatic carbocycles. The van der Waals surface area contributed by atoms with Crippen molar-refractivity contribution in [2.45, 2.75) is 26.4 Å². The number of aryl methyl sites for hydroxylation is 1. The lowest BCUT2D eigenvalue weighted by Crippen LogP contribution is -2.35. The molecule has 0 aliphatic rings. The van der Waals surface area contributed by atoms with Crippen molar-refractivity contribution in [2.24, 2.45) is 0 Å². The summed E-state index contributed by atoms with van der Waals surface area (Å²) in [7, 11) is 0. The van der Waals surface area contributed by atoms with Gasteiger partial charge in [0.15, 0.2) is 0 Å². The maximum Gasteiger partial charge on any atom is 0.322 e. The molecule has 1 N–H and O–H groups in total. The number of hydrogen-bond donors (Lipinski definition) is 1. The first-order valence-corrected chi connectivity index (χ1v) is 9.53. The Morgan fingerprint density at radius 3 is 2.68 bits per heavy atom. The molecule has 0 atom stereocenters. The summed E-state index contributed by atoms with van der Waals surface area (Å²) in [4.78, 5) is 18.8. The molecule has 3 rings (SSSR count). The summed E-state index contributed by atoms with van der Waals surface area (Å²) in [5, 5.41) is 2.98. The SMILES string of the molecule is CCOc1ccccc1CN(CCCn1ccnc1)C(=O)Nc1ccccc1. The molecule has 2 aromatic carbocycles. The van der Waals surface area contributed by atoms with E-state index in [-0.39, 0.29) is 6.03 Å². The van der Waals surface area contributed by atoms with Gasteiger partial charge in [-0.05, 0) is 31.5 Å². The summed E-state index contributed by atoms with van der Waals surface area (Å²) in [6.07, 6.45) is 6.31. The molecule has 0 aliphatic heterocycles. The molecule has 0 bridgehead atoms. The minimum absolute atomic E-state index is 0.122. The number of anilines is 1. The number of carbonyl (C=O) groups is 1. The fraction of sp³-hybridized carbons (Fsp3) is 0.273. The van der Waals surface area contributed by atoms with Crippen LogP contribution in [0.1, 0.15) is 18.9 Å². The Morgan fingerprint density at radius 1 is 1.14 bits per heavy atom. The number of carbonyl (C=O) groups excluding carboxylic acids is 1. The number of hydrogen-bond acceptors (Lipinski definition) is 3. The second kappa shape index (κ2) is 10.2. The third-order valence-corrected chi connectivity index (χ3v) is 4.35. The summed E-state index contributed by atoms with van der Waals surface area (Å²) in [5.74, 6) is 0.817. The van der Waals surface area contributed by atoms with Crippen molar-refractivity contribution in [3.63, 3.8) is 0 Å². The van der Waals surface area contributed by atoms with Crippen LogP contribution in [0, 0.1) is 0 Å². The van der Waals surface area contributed by atoms with Crippen molar-refractivity contribution >= 4 is 11.7 Å². The van der Waals surface area contributed by atoms with Gasteiger partial charge in [0.25, 0.3) is 0 Å². The van der Waals surface area contributed by atoms with Gasteiger partial charge >= 0.3 is 6.03 Å². The molecule has 3 aromatic rings. The number of rotatable bonds is 9. The van der Waals surface area contributed by atoms with E-state index in [4.69, 9.17) is 4.74 Å². The quantitative estimate of drug-likeness (QED) is 0.600. The van der Waals surface area contributed by atoms with Crippen LogP contribution in [0.2, 0.25) is 0 Å². The smallest absolute Gasteiger partial charge is 0.322 e. The minimum atomic E-state index is -0.122. The van der Waals surface area contributed by atoms with E-state index < -0.39 is 0 Å². The Morgan fingerprint density at radius 2 is 1.93 bits per heavy atom. The third kappa shape index (κ3) is 5.61. The Hall–Kier alpha value is -3.28. The first kappa shape index (κ1) is 19.5. The van der Waals surface area contributed by atoms with Crippen LogP contribution in [-0.2, 0) is 13.1 Å². The monoisotopic (exact) mass is 378 g/mol. The molecule has 0 unspecified atom stereocenters. The zero-order valence-corrected chi connectivity index (χ0v) is 16.1. The van der Waals surface area contributed by atoms with Crippen molar-refractivity contribution < 1.29 is 9.53 Å². The molecule has 28 heavy (non-hydrogen) atoms. The molecule has 6 nitrogen and oxygen atoms in total. The van der Waals surface area contributed by atoms with E-state index in [1.54, 1.807) is 12.5 Å². The van der Waals surface area contributed by atoms with E-state index in [1.165, 1.54) is 0 Å². The number of ether oxygens (including phenoxy) is 1. The van der Waals surface area contributed by atoms with Crippen molar-refractivity contribution in [2.75, 3.05) is 18.5 Å². The molecule has 0 fully saturated rings. The lowest BCUT2D eigenvalue weighted by atomic mass is 10.2. The van der Waals surface area contributed by atoms with Crippen LogP contribution < -0.4 is 10.1 Å². The number of imidazole rings is 1. The van der Waals surface area contributed by atoms with Gasteiger partial charge in [0.2, 0.25) is 0 Å². The maximum atomic E-state index is 12.9. The van der Waals surface area contributed by atoms with Gasteiger partial charge in [-0.25, -0.2) is 9.78 Å². The molecule has 146 valence electrons. The predicted molar refractivity (Wildman–Crippen MR) is 110 cm³/mol. The highest BCUT2D eigenvalue weighted by Crippen LogP contribution is 2.21. The summed E-state index contributed by atoms with van der Waals surface area (Å²) in [5.41, 5.74) is 1.78. The lowest BCUT2D eigenvalue weighted by Gasteiger charge is -2.24. The van der Waals surface area contributed by atoms with Crippen LogP contribution in [0.4, 0.5) is 10.5 Å². The molecule has 1 heterocycles. The second-order valence-electron chi connectivity index (χ2n) is 6.41. The van der Waals surface area contributed by atoms with Gasteiger partial charge in [0.05, 0.1) is 19.5 Å². The molecule has 0 radical (unpaired) electrons. The topological polar surface area (TPSA) is 59.4 Å².